The van der Waals surface area contributed by atoms with Crippen LogP contribution in [0.25, 0.3) is 0 Å². The second kappa shape index (κ2) is 5.99. The third-order valence-corrected chi connectivity index (χ3v) is 1.97. The van der Waals surface area contributed by atoms with Crippen LogP contribution in [0.3, 0.4) is 0 Å². The van der Waals surface area contributed by atoms with Gasteiger partial charge >= 0.3 is 0 Å². The highest BCUT2D eigenvalue weighted by Crippen LogP contribution is 2.10. The maximum absolute atomic E-state index is 4.49. The molecule has 0 atom stereocenters. The number of hydrogen-bond acceptors (Lipinski definition) is 1. The van der Waals surface area contributed by atoms with Crippen molar-refractivity contribution in [3.63, 3.8) is 0 Å². The van der Waals surface area contributed by atoms with Crippen LogP contribution in [0.2, 0.25) is 0 Å². The molecule has 0 N–H and O–H groups in total. The number of hydrogen-bond donors (Lipinski definition) is 0. The molecule has 0 amide bonds. The van der Waals surface area contributed by atoms with Gasteiger partial charge in [0, 0.05) is 12.3 Å². The van der Waals surface area contributed by atoms with Crippen molar-refractivity contribution in [2.45, 2.75) is 47.5 Å². The smallest absolute Gasteiger partial charge is 0.0389 e. The Bertz CT molecular complexity index is 183. The van der Waals surface area contributed by atoms with Gasteiger partial charge in [0.2, 0.25) is 0 Å². The fourth-order valence-electron chi connectivity index (χ4n) is 1.35. The van der Waals surface area contributed by atoms with Crippen LogP contribution in [0.4, 0.5) is 0 Å². The average molecular weight is 167 g/mol. The molecule has 0 spiro atoms. The van der Waals surface area contributed by atoms with Gasteiger partial charge in [-0.15, -0.1) is 0 Å². The zero-order valence-electron chi connectivity index (χ0n) is 9.07. The van der Waals surface area contributed by atoms with Crippen LogP contribution < -0.4 is 0 Å². The standard InChI is InChI=1S/C11H21N/c1-6-8-12-10(5)11(7-2)9(3)4/h6-8H2,1-5H3. The van der Waals surface area contributed by atoms with Crippen molar-refractivity contribution in [1.82, 2.24) is 0 Å². The van der Waals surface area contributed by atoms with Crippen LogP contribution in [0.5, 0.6) is 0 Å². The van der Waals surface area contributed by atoms with E-state index in [1.54, 1.807) is 0 Å². The molecular weight excluding hydrogens is 146 g/mol. The Morgan fingerprint density at radius 2 is 1.67 bits per heavy atom. The fraction of sp³-hybridized carbons (Fsp3) is 0.727. The average Bonchev–Trinajstić information content (AvgIpc) is 2.01. The van der Waals surface area contributed by atoms with E-state index in [2.05, 4.69) is 39.6 Å². The normalized spacial score (nSPS) is 11.6. The van der Waals surface area contributed by atoms with Crippen LogP contribution >= 0.6 is 0 Å². The van der Waals surface area contributed by atoms with Gasteiger partial charge in [0.1, 0.15) is 0 Å². The van der Waals surface area contributed by atoms with Crippen LogP contribution in [0.15, 0.2) is 16.1 Å². The van der Waals surface area contributed by atoms with E-state index in [4.69, 9.17) is 0 Å². The van der Waals surface area contributed by atoms with Gasteiger partial charge in [-0.3, -0.25) is 4.99 Å². The first-order valence-corrected chi connectivity index (χ1v) is 4.81. The van der Waals surface area contributed by atoms with E-state index < -0.39 is 0 Å². The van der Waals surface area contributed by atoms with Gasteiger partial charge in [-0.05, 0) is 39.2 Å². The highest BCUT2D eigenvalue weighted by Gasteiger charge is 1.99. The van der Waals surface area contributed by atoms with Crippen molar-refractivity contribution in [2.24, 2.45) is 4.99 Å². The fourth-order valence-corrected chi connectivity index (χ4v) is 1.35. The molecule has 12 heavy (non-hydrogen) atoms. The van der Waals surface area contributed by atoms with E-state index in [0.29, 0.717) is 0 Å². The molecule has 0 aromatic heterocycles. The lowest BCUT2D eigenvalue weighted by Crippen LogP contribution is -1.99. The Kier molecular flexibility index (Phi) is 5.69. The van der Waals surface area contributed by atoms with Gasteiger partial charge in [0.15, 0.2) is 0 Å². The van der Waals surface area contributed by atoms with Gasteiger partial charge in [-0.2, -0.15) is 0 Å². The van der Waals surface area contributed by atoms with Crippen molar-refractivity contribution >= 4 is 5.71 Å². The molecule has 0 rings (SSSR count). The van der Waals surface area contributed by atoms with Gasteiger partial charge in [-0.25, -0.2) is 0 Å². The summed E-state index contributed by atoms with van der Waals surface area (Å²) in [5.74, 6) is 0. The summed E-state index contributed by atoms with van der Waals surface area (Å²) in [7, 11) is 0. The summed E-state index contributed by atoms with van der Waals surface area (Å²) in [4.78, 5) is 4.49. The molecule has 0 fully saturated rings. The second-order valence-electron chi connectivity index (χ2n) is 3.30. The highest BCUT2D eigenvalue weighted by molar-refractivity contribution is 5.98. The summed E-state index contributed by atoms with van der Waals surface area (Å²) < 4.78 is 0. The monoisotopic (exact) mass is 167 g/mol. The topological polar surface area (TPSA) is 12.4 Å². The quantitative estimate of drug-likeness (QED) is 0.567. The molecule has 1 heteroatoms. The number of aliphatic imine (C=N–C) groups is 1. The van der Waals surface area contributed by atoms with Crippen molar-refractivity contribution < 1.29 is 0 Å². The second-order valence-corrected chi connectivity index (χ2v) is 3.30. The molecule has 0 aliphatic rings. The molecule has 0 heterocycles. The number of allylic oxidation sites excluding steroid dienone is 2. The first-order chi connectivity index (χ1) is 5.63. The summed E-state index contributed by atoms with van der Waals surface area (Å²) >= 11 is 0. The molecule has 0 bridgehead atoms. The SMILES string of the molecule is CCCN=C(C)C(CC)=C(C)C. The van der Waals surface area contributed by atoms with Gasteiger partial charge in [-0.1, -0.05) is 19.4 Å². The van der Waals surface area contributed by atoms with E-state index in [0.717, 1.165) is 19.4 Å². The Hall–Kier alpha value is -0.590. The molecule has 0 saturated heterocycles. The molecule has 0 unspecified atom stereocenters. The Labute approximate surface area is 76.6 Å². The largest absolute Gasteiger partial charge is 0.290 e. The molecule has 70 valence electrons. The van der Waals surface area contributed by atoms with Crippen molar-refractivity contribution in [3.05, 3.63) is 11.1 Å². The molecule has 0 aliphatic carbocycles. The Morgan fingerprint density at radius 3 is 2.00 bits per heavy atom. The summed E-state index contributed by atoms with van der Waals surface area (Å²) in [6, 6.07) is 0. The summed E-state index contributed by atoms with van der Waals surface area (Å²) in [5, 5.41) is 0. The molecule has 0 saturated carbocycles. The van der Waals surface area contributed by atoms with E-state index >= 15 is 0 Å². The van der Waals surface area contributed by atoms with Crippen LogP contribution in [-0.2, 0) is 0 Å². The van der Waals surface area contributed by atoms with E-state index in [1.165, 1.54) is 16.9 Å². The van der Waals surface area contributed by atoms with Crippen molar-refractivity contribution in [2.75, 3.05) is 6.54 Å². The lowest BCUT2D eigenvalue weighted by atomic mass is 10.0. The summed E-state index contributed by atoms with van der Waals surface area (Å²) in [6.45, 7) is 11.7. The molecular formula is C11H21N. The Balaban J connectivity index is 4.43. The maximum Gasteiger partial charge on any atom is 0.0389 e. The van der Waals surface area contributed by atoms with Crippen LogP contribution in [0.1, 0.15) is 47.5 Å². The lowest BCUT2D eigenvalue weighted by molar-refractivity contribution is 0.927. The molecule has 0 aromatic rings. The van der Waals surface area contributed by atoms with E-state index in [-0.39, 0.29) is 0 Å². The summed E-state index contributed by atoms with van der Waals surface area (Å²) in [6.07, 6.45) is 2.23. The van der Waals surface area contributed by atoms with E-state index in [1.807, 2.05) is 0 Å². The van der Waals surface area contributed by atoms with Crippen LogP contribution in [-0.4, -0.2) is 12.3 Å². The minimum absolute atomic E-state index is 0.961. The highest BCUT2D eigenvalue weighted by atomic mass is 14.7. The first-order valence-electron chi connectivity index (χ1n) is 4.81. The molecule has 1 nitrogen and oxygen atoms in total. The third-order valence-electron chi connectivity index (χ3n) is 1.97. The third kappa shape index (κ3) is 3.70. The van der Waals surface area contributed by atoms with E-state index in [9.17, 15) is 0 Å². The molecule has 0 aromatic carbocycles. The van der Waals surface area contributed by atoms with Gasteiger partial charge in [0.05, 0.1) is 0 Å². The zero-order valence-corrected chi connectivity index (χ0v) is 9.07. The minimum atomic E-state index is 0.961. The number of nitrogens with zero attached hydrogens (tertiary/aromatic N) is 1. The van der Waals surface area contributed by atoms with Crippen molar-refractivity contribution in [3.8, 4) is 0 Å². The lowest BCUT2D eigenvalue weighted by Gasteiger charge is -2.06. The number of rotatable bonds is 4. The predicted octanol–water partition coefficient (Wildman–Crippen LogP) is 3.60. The van der Waals surface area contributed by atoms with Gasteiger partial charge in [0.25, 0.3) is 0 Å². The molecule has 0 radical (unpaired) electrons. The zero-order chi connectivity index (χ0) is 9.56. The minimum Gasteiger partial charge on any atom is -0.290 e. The Morgan fingerprint density at radius 1 is 1.08 bits per heavy atom. The van der Waals surface area contributed by atoms with Crippen LogP contribution in [0, 0.1) is 0 Å². The van der Waals surface area contributed by atoms with Crippen molar-refractivity contribution in [1.29, 1.82) is 0 Å². The van der Waals surface area contributed by atoms with Gasteiger partial charge < -0.3 is 0 Å². The first kappa shape index (κ1) is 11.4. The predicted molar refractivity (Wildman–Crippen MR) is 56.9 cm³/mol. The molecule has 0 aliphatic heterocycles. The maximum atomic E-state index is 4.49. The summed E-state index contributed by atoms with van der Waals surface area (Å²) in [5.41, 5.74) is 4.04.